The lowest BCUT2D eigenvalue weighted by molar-refractivity contribution is -0.140. The number of carboxylic acids is 1. The van der Waals surface area contributed by atoms with E-state index in [9.17, 15) is 19.8 Å². The number of aliphatic hydroxyl groups is 3. The predicted molar refractivity (Wildman–Crippen MR) is 61.5 cm³/mol. The SMILES string of the molecule is N[C@](S)(CCC[C@H](O)[C@@H](O)C(=O)CO)C(=O)O. The van der Waals surface area contributed by atoms with Crippen molar-refractivity contribution in [3.63, 3.8) is 0 Å². The maximum Gasteiger partial charge on any atom is 0.333 e. The van der Waals surface area contributed by atoms with Gasteiger partial charge >= 0.3 is 5.97 Å². The van der Waals surface area contributed by atoms with Gasteiger partial charge in [0, 0.05) is 0 Å². The molecule has 0 radical (unpaired) electrons. The van der Waals surface area contributed by atoms with Gasteiger partial charge < -0.3 is 26.2 Å². The Morgan fingerprint density at radius 2 is 1.88 bits per heavy atom. The molecule has 0 aromatic carbocycles. The molecule has 0 heterocycles. The highest BCUT2D eigenvalue weighted by atomic mass is 32.1. The fourth-order valence-corrected chi connectivity index (χ4v) is 1.31. The zero-order valence-electron chi connectivity index (χ0n) is 9.11. The number of Topliss-reactive ketones (excluding diaryl/α,β-unsaturated/α-hetero) is 1. The minimum atomic E-state index is -1.70. The van der Waals surface area contributed by atoms with Gasteiger partial charge in [0.2, 0.25) is 0 Å². The lowest BCUT2D eigenvalue weighted by Gasteiger charge is -2.20. The molecule has 0 saturated heterocycles. The van der Waals surface area contributed by atoms with E-state index in [2.05, 4.69) is 12.6 Å². The summed E-state index contributed by atoms with van der Waals surface area (Å²) < 4.78 is 0. The molecule has 100 valence electrons. The summed E-state index contributed by atoms with van der Waals surface area (Å²) in [6.07, 6.45) is -2.89. The van der Waals surface area contributed by atoms with Crippen molar-refractivity contribution >= 4 is 24.4 Å². The summed E-state index contributed by atoms with van der Waals surface area (Å²) in [6, 6.07) is 0. The number of ketones is 1. The van der Waals surface area contributed by atoms with Gasteiger partial charge in [-0.2, -0.15) is 0 Å². The zero-order chi connectivity index (χ0) is 13.6. The van der Waals surface area contributed by atoms with Crippen LogP contribution < -0.4 is 5.73 Å². The second-order valence-corrected chi connectivity index (χ2v) is 4.56. The van der Waals surface area contributed by atoms with E-state index in [1.807, 2.05) is 0 Å². The number of hydrogen-bond acceptors (Lipinski definition) is 7. The number of carbonyl (C=O) groups is 2. The van der Waals surface area contributed by atoms with Crippen LogP contribution in [0, 0.1) is 0 Å². The van der Waals surface area contributed by atoms with E-state index < -0.39 is 35.4 Å². The quantitative estimate of drug-likeness (QED) is 0.223. The number of rotatable bonds is 8. The van der Waals surface area contributed by atoms with E-state index in [0.717, 1.165) is 0 Å². The Hall–Kier alpha value is -0.670. The van der Waals surface area contributed by atoms with Crippen molar-refractivity contribution in [1.82, 2.24) is 0 Å². The number of thiol groups is 1. The Kier molecular flexibility index (Phi) is 6.65. The van der Waals surface area contributed by atoms with E-state index in [1.165, 1.54) is 0 Å². The highest BCUT2D eigenvalue weighted by molar-refractivity contribution is 7.82. The minimum Gasteiger partial charge on any atom is -0.479 e. The van der Waals surface area contributed by atoms with E-state index in [4.69, 9.17) is 15.9 Å². The number of carbonyl (C=O) groups excluding carboxylic acids is 1. The Labute approximate surface area is 104 Å². The molecule has 0 aliphatic rings. The first-order valence-electron chi connectivity index (χ1n) is 4.96. The predicted octanol–water partition coefficient (Wildman–Crippen LogP) is -1.89. The summed E-state index contributed by atoms with van der Waals surface area (Å²) in [4.78, 5) is 19.7. The monoisotopic (exact) mass is 267 g/mol. The third-order valence-corrected chi connectivity index (χ3v) is 2.69. The summed E-state index contributed by atoms with van der Waals surface area (Å²) in [5.74, 6) is -2.18. The van der Waals surface area contributed by atoms with Crippen LogP contribution in [0.3, 0.4) is 0 Å². The number of aliphatic carboxylic acids is 1. The molecule has 0 rings (SSSR count). The van der Waals surface area contributed by atoms with Gasteiger partial charge in [-0.05, 0) is 19.3 Å². The summed E-state index contributed by atoms with van der Waals surface area (Å²) in [7, 11) is 0. The largest absolute Gasteiger partial charge is 0.479 e. The highest BCUT2D eigenvalue weighted by Gasteiger charge is 2.30. The first-order chi connectivity index (χ1) is 7.72. The standard InChI is InChI=1S/C9H17NO6S/c10-9(17,8(15)16)3-1-2-5(12)7(14)6(13)4-11/h5,7,11-12,14,17H,1-4,10H2,(H,15,16)/t5-,7+,9-/m0/s1. The zero-order valence-corrected chi connectivity index (χ0v) is 10.0. The van der Waals surface area contributed by atoms with Crippen molar-refractivity contribution in [2.45, 2.75) is 36.3 Å². The molecule has 0 aliphatic carbocycles. The van der Waals surface area contributed by atoms with Crippen molar-refractivity contribution < 1.29 is 30.0 Å². The van der Waals surface area contributed by atoms with Gasteiger partial charge in [0.1, 0.15) is 12.7 Å². The topological polar surface area (TPSA) is 141 Å². The summed E-state index contributed by atoms with van der Waals surface area (Å²) in [5.41, 5.74) is 5.32. The molecule has 17 heavy (non-hydrogen) atoms. The van der Waals surface area contributed by atoms with Gasteiger partial charge in [0.25, 0.3) is 0 Å². The summed E-state index contributed by atoms with van der Waals surface area (Å²) in [5, 5.41) is 35.7. The van der Waals surface area contributed by atoms with E-state index in [-0.39, 0.29) is 19.3 Å². The van der Waals surface area contributed by atoms with Gasteiger partial charge in [0.05, 0.1) is 6.10 Å². The molecule has 0 aromatic rings. The van der Waals surface area contributed by atoms with Gasteiger partial charge in [-0.15, -0.1) is 12.6 Å². The van der Waals surface area contributed by atoms with E-state index >= 15 is 0 Å². The highest BCUT2D eigenvalue weighted by Crippen LogP contribution is 2.17. The van der Waals surface area contributed by atoms with Crippen molar-refractivity contribution in [1.29, 1.82) is 0 Å². The Morgan fingerprint density at radius 1 is 1.35 bits per heavy atom. The fraction of sp³-hybridized carbons (Fsp3) is 0.778. The summed E-state index contributed by atoms with van der Waals surface area (Å²) in [6.45, 7) is -0.860. The lowest BCUT2D eigenvalue weighted by atomic mass is 10.0. The first kappa shape index (κ1) is 16.3. The van der Waals surface area contributed by atoms with E-state index in [1.54, 1.807) is 0 Å². The van der Waals surface area contributed by atoms with Gasteiger partial charge in [-0.1, -0.05) is 0 Å². The van der Waals surface area contributed by atoms with Crippen LogP contribution in [-0.2, 0) is 9.59 Å². The molecule has 0 amide bonds. The second-order valence-electron chi connectivity index (χ2n) is 3.76. The molecule has 0 unspecified atom stereocenters. The van der Waals surface area contributed by atoms with Gasteiger partial charge in [-0.3, -0.25) is 4.79 Å². The van der Waals surface area contributed by atoms with Gasteiger partial charge in [-0.25, -0.2) is 4.79 Å². The molecule has 0 saturated carbocycles. The Bertz CT molecular complexity index is 283. The molecule has 0 aliphatic heterocycles. The molecule has 0 fully saturated rings. The van der Waals surface area contributed by atoms with Crippen molar-refractivity contribution in [3.05, 3.63) is 0 Å². The Morgan fingerprint density at radius 3 is 2.29 bits per heavy atom. The maximum absolute atomic E-state index is 10.8. The molecule has 0 aromatic heterocycles. The number of hydrogen-bond donors (Lipinski definition) is 6. The third-order valence-electron chi connectivity index (χ3n) is 2.28. The van der Waals surface area contributed by atoms with Crippen LogP contribution in [-0.4, -0.2) is 55.9 Å². The average Bonchev–Trinajstić information content (AvgIpc) is 2.26. The smallest absolute Gasteiger partial charge is 0.333 e. The van der Waals surface area contributed by atoms with Gasteiger partial charge in [0.15, 0.2) is 10.7 Å². The average molecular weight is 267 g/mol. The van der Waals surface area contributed by atoms with Crippen LogP contribution in [0.25, 0.3) is 0 Å². The van der Waals surface area contributed by atoms with Crippen molar-refractivity contribution in [3.8, 4) is 0 Å². The van der Waals surface area contributed by atoms with Crippen LogP contribution in [0.5, 0.6) is 0 Å². The Balaban J connectivity index is 4.05. The molecule has 0 bridgehead atoms. The third kappa shape index (κ3) is 5.46. The van der Waals surface area contributed by atoms with Crippen molar-refractivity contribution in [2.24, 2.45) is 5.73 Å². The normalized spacial score (nSPS) is 18.2. The first-order valence-corrected chi connectivity index (χ1v) is 5.41. The second kappa shape index (κ2) is 6.92. The molecular weight excluding hydrogens is 250 g/mol. The maximum atomic E-state index is 10.8. The van der Waals surface area contributed by atoms with Crippen LogP contribution in [0.1, 0.15) is 19.3 Å². The van der Waals surface area contributed by atoms with Crippen molar-refractivity contribution in [2.75, 3.05) is 6.61 Å². The number of aliphatic hydroxyl groups excluding tert-OH is 3. The minimum absolute atomic E-state index is 0.0142. The van der Waals surface area contributed by atoms with Crippen LogP contribution in [0.4, 0.5) is 0 Å². The molecule has 8 heteroatoms. The molecule has 0 spiro atoms. The molecule has 6 N–H and O–H groups in total. The molecule has 7 nitrogen and oxygen atoms in total. The number of nitrogens with two attached hydrogens (primary N) is 1. The molecule has 3 atom stereocenters. The van der Waals surface area contributed by atoms with Crippen LogP contribution >= 0.6 is 12.6 Å². The number of carboxylic acid groups (broad SMARTS) is 1. The summed E-state index contributed by atoms with van der Waals surface area (Å²) >= 11 is 3.72. The van der Waals surface area contributed by atoms with E-state index in [0.29, 0.717) is 0 Å². The fourth-order valence-electron chi connectivity index (χ4n) is 1.15. The lowest BCUT2D eigenvalue weighted by Crippen LogP contribution is -2.42. The van der Waals surface area contributed by atoms with Crippen LogP contribution in [0.15, 0.2) is 0 Å². The van der Waals surface area contributed by atoms with Crippen LogP contribution in [0.2, 0.25) is 0 Å². The molecular formula is C9H17NO6S.